The number of H-pyrrole nitrogens is 1. The lowest BCUT2D eigenvalue weighted by Gasteiger charge is -1.99. The number of nitrogens with two attached hydrogens (primary N) is 1. The quantitative estimate of drug-likeness (QED) is 0.717. The van der Waals surface area contributed by atoms with Crippen LogP contribution in [0.25, 0.3) is 11.1 Å². The van der Waals surface area contributed by atoms with E-state index in [0.717, 1.165) is 21.8 Å². The number of aromatic amines is 1. The van der Waals surface area contributed by atoms with E-state index in [2.05, 4.69) is 4.98 Å². The van der Waals surface area contributed by atoms with Gasteiger partial charge >= 0.3 is 0 Å². The van der Waals surface area contributed by atoms with Crippen molar-refractivity contribution in [3.8, 4) is 11.1 Å². The molecule has 0 aliphatic carbocycles. The normalized spacial score (nSPS) is 10.2. The molecule has 0 aliphatic rings. The van der Waals surface area contributed by atoms with Crippen LogP contribution >= 0.6 is 11.6 Å². The molecular weight excluding hydrogens is 184 g/mol. The van der Waals surface area contributed by atoms with Gasteiger partial charge in [-0.3, -0.25) is 0 Å². The van der Waals surface area contributed by atoms with Crippen LogP contribution in [0.1, 0.15) is 0 Å². The van der Waals surface area contributed by atoms with Crippen molar-refractivity contribution >= 4 is 17.3 Å². The molecule has 0 radical (unpaired) electrons. The molecule has 2 rings (SSSR count). The van der Waals surface area contributed by atoms with Crippen LogP contribution in [-0.4, -0.2) is 4.98 Å². The highest BCUT2D eigenvalue weighted by Gasteiger charge is 2.01. The summed E-state index contributed by atoms with van der Waals surface area (Å²) in [4.78, 5) is 2.95. The predicted octanol–water partition coefficient (Wildman–Crippen LogP) is 2.92. The van der Waals surface area contributed by atoms with E-state index in [0.29, 0.717) is 0 Å². The van der Waals surface area contributed by atoms with Gasteiger partial charge in [-0.05, 0) is 17.7 Å². The Balaban J connectivity index is 2.47. The fourth-order valence-electron chi connectivity index (χ4n) is 1.26. The fourth-order valence-corrected chi connectivity index (χ4v) is 1.38. The molecule has 2 nitrogen and oxygen atoms in total. The van der Waals surface area contributed by atoms with Gasteiger partial charge in [-0.15, -0.1) is 0 Å². The Labute approximate surface area is 81.3 Å². The summed E-state index contributed by atoms with van der Waals surface area (Å²) in [6.45, 7) is 0. The molecule has 0 aliphatic heterocycles. The third-order valence-electron chi connectivity index (χ3n) is 1.93. The molecule has 0 bridgehead atoms. The van der Waals surface area contributed by atoms with Gasteiger partial charge in [-0.25, -0.2) is 0 Å². The van der Waals surface area contributed by atoms with Gasteiger partial charge in [0.05, 0.1) is 5.69 Å². The van der Waals surface area contributed by atoms with Crippen molar-refractivity contribution in [2.75, 3.05) is 5.73 Å². The molecule has 0 amide bonds. The van der Waals surface area contributed by atoms with Crippen LogP contribution in [-0.2, 0) is 0 Å². The van der Waals surface area contributed by atoms with Crippen LogP contribution in [0, 0.1) is 0 Å². The minimum atomic E-state index is 0.734. The van der Waals surface area contributed by atoms with Crippen molar-refractivity contribution in [2.24, 2.45) is 0 Å². The van der Waals surface area contributed by atoms with Crippen LogP contribution in [0.5, 0.6) is 0 Å². The Bertz CT molecular complexity index is 403. The summed E-state index contributed by atoms with van der Waals surface area (Å²) in [5, 5.41) is 0.734. The molecule has 0 saturated heterocycles. The lowest BCUT2D eigenvalue weighted by atomic mass is 10.1. The highest BCUT2D eigenvalue weighted by Crippen LogP contribution is 2.26. The van der Waals surface area contributed by atoms with Crippen molar-refractivity contribution in [3.63, 3.8) is 0 Å². The van der Waals surface area contributed by atoms with Crippen molar-refractivity contribution in [1.82, 2.24) is 4.98 Å². The lowest BCUT2D eigenvalue weighted by Crippen LogP contribution is -1.83. The Morgan fingerprint density at radius 3 is 2.31 bits per heavy atom. The summed E-state index contributed by atoms with van der Waals surface area (Å²) in [6, 6.07) is 7.59. The topological polar surface area (TPSA) is 41.8 Å². The maximum Gasteiger partial charge on any atom is 0.0571 e. The summed E-state index contributed by atoms with van der Waals surface area (Å²) in [7, 11) is 0. The molecule has 3 N–H and O–H groups in total. The number of benzene rings is 1. The van der Waals surface area contributed by atoms with Gasteiger partial charge in [-0.1, -0.05) is 23.7 Å². The summed E-state index contributed by atoms with van der Waals surface area (Å²) >= 11 is 5.77. The zero-order valence-corrected chi connectivity index (χ0v) is 7.68. The summed E-state index contributed by atoms with van der Waals surface area (Å²) < 4.78 is 0. The highest BCUT2D eigenvalue weighted by molar-refractivity contribution is 6.30. The van der Waals surface area contributed by atoms with E-state index in [1.165, 1.54) is 0 Å². The average Bonchev–Trinajstić information content (AvgIpc) is 2.53. The van der Waals surface area contributed by atoms with Crippen molar-refractivity contribution in [3.05, 3.63) is 41.7 Å². The number of aromatic nitrogens is 1. The predicted molar refractivity (Wildman–Crippen MR) is 55.7 cm³/mol. The average molecular weight is 193 g/mol. The third kappa shape index (κ3) is 1.53. The van der Waals surface area contributed by atoms with Gasteiger partial charge in [-0.2, -0.15) is 0 Å². The van der Waals surface area contributed by atoms with Crippen molar-refractivity contribution in [2.45, 2.75) is 0 Å². The smallest absolute Gasteiger partial charge is 0.0571 e. The molecule has 0 saturated carbocycles. The first-order valence-corrected chi connectivity index (χ1v) is 4.33. The second-order valence-electron chi connectivity index (χ2n) is 2.83. The van der Waals surface area contributed by atoms with Gasteiger partial charge in [0.2, 0.25) is 0 Å². The number of halogens is 1. The molecule has 1 heterocycles. The van der Waals surface area contributed by atoms with E-state index in [1.54, 1.807) is 6.20 Å². The zero-order chi connectivity index (χ0) is 9.26. The van der Waals surface area contributed by atoms with Crippen LogP contribution in [0.15, 0.2) is 36.7 Å². The minimum absolute atomic E-state index is 0.734. The number of hydrogen-bond donors (Lipinski definition) is 2. The first kappa shape index (κ1) is 8.20. The standard InChI is InChI=1S/C10H9ClN2/c11-8-3-1-7(2-4-8)9-5-13-6-10(9)12/h1-6,13H,12H2. The van der Waals surface area contributed by atoms with Gasteiger partial charge in [0, 0.05) is 23.0 Å². The molecular formula is C10H9ClN2. The Morgan fingerprint density at radius 1 is 1.08 bits per heavy atom. The van der Waals surface area contributed by atoms with E-state index in [1.807, 2.05) is 30.5 Å². The molecule has 1 aromatic heterocycles. The first-order chi connectivity index (χ1) is 6.27. The van der Waals surface area contributed by atoms with Crippen molar-refractivity contribution < 1.29 is 0 Å². The van der Waals surface area contributed by atoms with Gasteiger partial charge in [0.15, 0.2) is 0 Å². The van der Waals surface area contributed by atoms with E-state index >= 15 is 0 Å². The van der Waals surface area contributed by atoms with Crippen molar-refractivity contribution in [1.29, 1.82) is 0 Å². The molecule has 0 spiro atoms. The van der Waals surface area contributed by atoms with Crippen LogP contribution in [0.3, 0.4) is 0 Å². The van der Waals surface area contributed by atoms with Gasteiger partial charge in [0.1, 0.15) is 0 Å². The van der Waals surface area contributed by atoms with E-state index in [9.17, 15) is 0 Å². The summed E-state index contributed by atoms with van der Waals surface area (Å²) in [6.07, 6.45) is 3.64. The monoisotopic (exact) mass is 192 g/mol. The lowest BCUT2D eigenvalue weighted by molar-refractivity contribution is 1.41. The number of anilines is 1. The largest absolute Gasteiger partial charge is 0.397 e. The third-order valence-corrected chi connectivity index (χ3v) is 2.18. The second kappa shape index (κ2) is 3.15. The highest BCUT2D eigenvalue weighted by atomic mass is 35.5. The number of hydrogen-bond acceptors (Lipinski definition) is 1. The number of nitrogen functional groups attached to an aromatic ring is 1. The first-order valence-electron chi connectivity index (χ1n) is 3.95. The molecule has 66 valence electrons. The molecule has 2 aromatic rings. The Kier molecular flexibility index (Phi) is 1.99. The Morgan fingerprint density at radius 2 is 1.77 bits per heavy atom. The van der Waals surface area contributed by atoms with E-state index < -0.39 is 0 Å². The minimum Gasteiger partial charge on any atom is -0.397 e. The van der Waals surface area contributed by atoms with Crippen LogP contribution < -0.4 is 5.73 Å². The van der Waals surface area contributed by atoms with Crippen LogP contribution in [0.4, 0.5) is 5.69 Å². The SMILES string of the molecule is Nc1c[nH]cc1-c1ccc(Cl)cc1. The fraction of sp³-hybridized carbons (Fsp3) is 0. The maximum atomic E-state index is 5.77. The van der Waals surface area contributed by atoms with Crippen LogP contribution in [0.2, 0.25) is 5.02 Å². The Hall–Kier alpha value is -1.41. The zero-order valence-electron chi connectivity index (χ0n) is 6.92. The van der Waals surface area contributed by atoms with E-state index in [4.69, 9.17) is 17.3 Å². The molecule has 1 aromatic carbocycles. The number of rotatable bonds is 1. The maximum absolute atomic E-state index is 5.77. The van der Waals surface area contributed by atoms with Gasteiger partial charge in [0.25, 0.3) is 0 Å². The summed E-state index contributed by atoms with van der Waals surface area (Å²) in [5.41, 5.74) is 8.58. The molecule has 0 unspecified atom stereocenters. The molecule has 0 fully saturated rings. The van der Waals surface area contributed by atoms with Gasteiger partial charge < -0.3 is 10.7 Å². The molecule has 3 heteroatoms. The second-order valence-corrected chi connectivity index (χ2v) is 3.27. The summed E-state index contributed by atoms with van der Waals surface area (Å²) in [5.74, 6) is 0. The molecule has 0 atom stereocenters. The van der Waals surface area contributed by atoms with E-state index in [-0.39, 0.29) is 0 Å². The number of nitrogens with one attached hydrogen (secondary N) is 1. The molecule has 13 heavy (non-hydrogen) atoms.